The molecule has 0 aliphatic carbocycles. The number of hydrogen-bond acceptors (Lipinski definition) is 3. The molecule has 0 aliphatic rings. The van der Waals surface area contributed by atoms with Crippen LogP contribution in [-0.4, -0.2) is 7.11 Å². The van der Waals surface area contributed by atoms with Crippen molar-refractivity contribution in [2.45, 2.75) is 0 Å². The smallest absolute Gasteiger partial charge is 0.128 e. The van der Waals surface area contributed by atoms with E-state index in [0.29, 0.717) is 5.56 Å². The Hall–Kier alpha value is -0.800. The van der Waals surface area contributed by atoms with Gasteiger partial charge in [-0.3, -0.25) is 0 Å². The molecule has 0 bridgehead atoms. The molecular weight excluding hydrogens is 309 g/mol. The number of fused-ring (bicyclic) bond motifs is 1. The van der Waals surface area contributed by atoms with Crippen LogP contribution in [0.4, 0.5) is 0 Å². The summed E-state index contributed by atoms with van der Waals surface area (Å²) in [5.41, 5.74) is 0.646. The topological polar surface area (TPSA) is 33.0 Å². The van der Waals surface area contributed by atoms with Gasteiger partial charge in [-0.1, -0.05) is 0 Å². The average Bonchev–Trinajstić information content (AvgIpc) is 2.56. The highest BCUT2D eigenvalue weighted by atomic mass is 127. The maximum atomic E-state index is 8.82. The largest absolute Gasteiger partial charge is 0.496 e. The van der Waals surface area contributed by atoms with Gasteiger partial charge in [-0.05, 0) is 40.8 Å². The predicted octanol–water partition coefficient (Wildman–Crippen LogP) is 3.39. The van der Waals surface area contributed by atoms with Crippen LogP contribution in [0, 0.1) is 14.2 Å². The summed E-state index contributed by atoms with van der Waals surface area (Å²) < 4.78 is 7.54. The number of thiophene rings is 1. The summed E-state index contributed by atoms with van der Waals surface area (Å²) in [7, 11) is 1.63. The van der Waals surface area contributed by atoms with Crippen molar-refractivity contribution < 1.29 is 4.74 Å². The zero-order valence-electron chi connectivity index (χ0n) is 7.37. The van der Waals surface area contributed by atoms with Crippen molar-refractivity contribution in [1.82, 2.24) is 0 Å². The van der Waals surface area contributed by atoms with E-state index in [1.807, 2.05) is 6.07 Å². The Bertz CT molecular complexity index is 527. The fourth-order valence-electron chi connectivity index (χ4n) is 1.31. The molecule has 14 heavy (non-hydrogen) atoms. The van der Waals surface area contributed by atoms with Crippen molar-refractivity contribution in [2.24, 2.45) is 0 Å². The molecule has 2 rings (SSSR count). The van der Waals surface area contributed by atoms with E-state index in [1.165, 1.54) is 2.88 Å². The van der Waals surface area contributed by atoms with Gasteiger partial charge in [-0.15, -0.1) is 11.3 Å². The summed E-state index contributed by atoms with van der Waals surface area (Å²) >= 11 is 3.94. The average molecular weight is 315 g/mol. The van der Waals surface area contributed by atoms with Crippen molar-refractivity contribution in [2.75, 3.05) is 7.11 Å². The van der Waals surface area contributed by atoms with Crippen molar-refractivity contribution in [3.63, 3.8) is 0 Å². The number of methoxy groups -OCH3 is 1. The Morgan fingerprint density at radius 1 is 1.43 bits per heavy atom. The lowest BCUT2D eigenvalue weighted by atomic mass is 10.2. The third-order valence-corrected chi connectivity index (χ3v) is 3.76. The predicted molar refractivity (Wildman–Crippen MR) is 65.8 cm³/mol. The Morgan fingerprint density at radius 3 is 2.86 bits per heavy atom. The highest BCUT2D eigenvalue weighted by Crippen LogP contribution is 2.34. The monoisotopic (exact) mass is 315 g/mol. The summed E-state index contributed by atoms with van der Waals surface area (Å²) in [6, 6.07) is 7.86. The first-order valence-corrected chi connectivity index (χ1v) is 5.81. The van der Waals surface area contributed by atoms with Crippen LogP contribution in [0.2, 0.25) is 0 Å². The fraction of sp³-hybridized carbons (Fsp3) is 0.100. The Balaban J connectivity index is 2.80. The van der Waals surface area contributed by atoms with Gasteiger partial charge in [-0.25, -0.2) is 0 Å². The quantitative estimate of drug-likeness (QED) is 0.756. The van der Waals surface area contributed by atoms with Gasteiger partial charge in [0, 0.05) is 10.1 Å². The van der Waals surface area contributed by atoms with E-state index < -0.39 is 0 Å². The molecular formula is C10H6INOS. The second-order valence-corrected chi connectivity index (χ2v) is 5.73. The number of benzene rings is 1. The molecule has 2 nitrogen and oxygen atoms in total. The maximum Gasteiger partial charge on any atom is 0.128 e. The molecule has 0 atom stereocenters. The number of hydrogen-bond donors (Lipinski definition) is 0. The highest BCUT2D eigenvalue weighted by Gasteiger charge is 2.07. The minimum atomic E-state index is 0.646. The molecule has 0 amide bonds. The summed E-state index contributed by atoms with van der Waals surface area (Å²) in [5, 5.41) is 9.91. The molecule has 0 unspecified atom stereocenters. The standard InChI is InChI=1S/C10H6INOS/c1-13-8-2-6(5-12)3-9-7(8)4-10(11)14-9/h2-4H,1H3. The van der Waals surface area contributed by atoms with Crippen LogP contribution >= 0.6 is 33.9 Å². The molecule has 70 valence electrons. The number of nitrogens with zero attached hydrogens (tertiary/aromatic N) is 1. The van der Waals surface area contributed by atoms with E-state index in [9.17, 15) is 0 Å². The molecule has 0 N–H and O–H groups in total. The van der Waals surface area contributed by atoms with Gasteiger partial charge in [-0.2, -0.15) is 5.26 Å². The van der Waals surface area contributed by atoms with Crippen molar-refractivity contribution >= 4 is 44.0 Å². The van der Waals surface area contributed by atoms with Crippen LogP contribution in [0.25, 0.3) is 10.1 Å². The van der Waals surface area contributed by atoms with Crippen LogP contribution in [0.3, 0.4) is 0 Å². The number of ether oxygens (including phenoxy) is 1. The highest BCUT2D eigenvalue weighted by molar-refractivity contribution is 14.1. The van der Waals surface area contributed by atoms with E-state index in [4.69, 9.17) is 10.00 Å². The van der Waals surface area contributed by atoms with Crippen LogP contribution in [0.5, 0.6) is 5.75 Å². The molecule has 0 aliphatic heterocycles. The first-order valence-electron chi connectivity index (χ1n) is 3.92. The van der Waals surface area contributed by atoms with Gasteiger partial charge in [0.15, 0.2) is 0 Å². The van der Waals surface area contributed by atoms with Crippen molar-refractivity contribution in [1.29, 1.82) is 5.26 Å². The number of halogens is 1. The molecule has 1 aromatic heterocycles. The lowest BCUT2D eigenvalue weighted by Gasteiger charge is -2.01. The van der Waals surface area contributed by atoms with Gasteiger partial charge < -0.3 is 4.74 Å². The summed E-state index contributed by atoms with van der Waals surface area (Å²) in [4.78, 5) is 0. The molecule has 1 heterocycles. The maximum absolute atomic E-state index is 8.82. The van der Waals surface area contributed by atoms with Gasteiger partial charge in [0.2, 0.25) is 0 Å². The minimum Gasteiger partial charge on any atom is -0.496 e. The summed E-state index contributed by atoms with van der Waals surface area (Å²) in [5.74, 6) is 0.776. The van der Waals surface area contributed by atoms with Crippen LogP contribution in [0.1, 0.15) is 5.56 Å². The van der Waals surface area contributed by atoms with Gasteiger partial charge >= 0.3 is 0 Å². The van der Waals surface area contributed by atoms with Crippen molar-refractivity contribution in [3.05, 3.63) is 26.6 Å². The Labute approximate surface area is 99.3 Å². The molecule has 0 saturated heterocycles. The SMILES string of the molecule is COc1cc(C#N)cc2sc(I)cc12. The second-order valence-electron chi connectivity index (χ2n) is 2.75. The first kappa shape index (κ1) is 9.74. The molecule has 4 heteroatoms. The lowest BCUT2D eigenvalue weighted by Crippen LogP contribution is -1.84. The summed E-state index contributed by atoms with van der Waals surface area (Å²) in [6.45, 7) is 0. The van der Waals surface area contributed by atoms with Gasteiger partial charge in [0.05, 0.1) is 21.6 Å². The van der Waals surface area contributed by atoms with E-state index in [1.54, 1.807) is 24.5 Å². The Kier molecular flexibility index (Phi) is 2.61. The third kappa shape index (κ3) is 1.57. The van der Waals surface area contributed by atoms with E-state index in [0.717, 1.165) is 15.8 Å². The second kappa shape index (κ2) is 3.75. The summed E-state index contributed by atoms with van der Waals surface area (Å²) in [6.07, 6.45) is 0. The van der Waals surface area contributed by atoms with E-state index in [2.05, 4.69) is 34.7 Å². The minimum absolute atomic E-state index is 0.646. The zero-order chi connectivity index (χ0) is 10.1. The fourth-order valence-corrected chi connectivity index (χ4v) is 3.17. The molecule has 0 saturated carbocycles. The lowest BCUT2D eigenvalue weighted by molar-refractivity contribution is 0.420. The van der Waals surface area contributed by atoms with Crippen LogP contribution < -0.4 is 4.74 Å². The van der Waals surface area contributed by atoms with Gasteiger partial charge in [0.25, 0.3) is 0 Å². The normalized spacial score (nSPS) is 10.1. The van der Waals surface area contributed by atoms with E-state index >= 15 is 0 Å². The van der Waals surface area contributed by atoms with Crippen molar-refractivity contribution in [3.8, 4) is 11.8 Å². The van der Waals surface area contributed by atoms with Gasteiger partial charge in [0.1, 0.15) is 5.75 Å². The molecule has 0 fully saturated rings. The van der Waals surface area contributed by atoms with Crippen LogP contribution in [-0.2, 0) is 0 Å². The zero-order valence-corrected chi connectivity index (χ0v) is 10.3. The number of rotatable bonds is 1. The third-order valence-electron chi connectivity index (χ3n) is 1.92. The van der Waals surface area contributed by atoms with E-state index in [-0.39, 0.29) is 0 Å². The van der Waals surface area contributed by atoms with Crippen LogP contribution in [0.15, 0.2) is 18.2 Å². The molecule has 0 spiro atoms. The first-order chi connectivity index (χ1) is 6.74. The Morgan fingerprint density at radius 2 is 2.21 bits per heavy atom. The molecule has 1 aromatic carbocycles. The number of nitriles is 1. The molecule has 0 radical (unpaired) electrons. The molecule has 2 aromatic rings.